The molecule has 0 spiro atoms. The number of nitrogens with two attached hydrogens (primary N) is 1. The first-order valence-corrected chi connectivity index (χ1v) is 38.8. The van der Waals surface area contributed by atoms with Crippen molar-refractivity contribution in [3.05, 3.63) is 29.8 Å². The van der Waals surface area contributed by atoms with E-state index >= 15 is 0 Å². The summed E-state index contributed by atoms with van der Waals surface area (Å²) in [6, 6.07) is -14.6. The Hall–Kier alpha value is -8.96. The number of cyclic esters (lactones) is 1. The van der Waals surface area contributed by atoms with Gasteiger partial charge in [0.1, 0.15) is 78.3 Å². The average Bonchev–Trinajstić information content (AvgIpc) is 1.61. The van der Waals surface area contributed by atoms with Gasteiger partial charge in [0.2, 0.25) is 82.7 Å². The second kappa shape index (κ2) is 49.7. The first-order valence-electron chi connectivity index (χ1n) is 38.8. The number of halogens is 1. The van der Waals surface area contributed by atoms with Crippen LogP contribution < -0.4 is 69.5 Å². The lowest BCUT2D eigenvalue weighted by Crippen LogP contribution is -2.64. The summed E-state index contributed by atoms with van der Waals surface area (Å²) in [6.45, 7) is 8.45. The number of carbonyl (C=O) groups is 15. The third kappa shape index (κ3) is 32.4. The number of hydrogen-bond acceptors (Lipinski definition) is 25. The summed E-state index contributed by atoms with van der Waals surface area (Å²) in [5, 5.41) is 117. The van der Waals surface area contributed by atoms with Crippen LogP contribution in [0.25, 0.3) is 0 Å². The lowest BCUT2D eigenvalue weighted by Gasteiger charge is -2.34. The molecule has 0 bridgehead atoms. The molecular weight excluding hydrogens is 1520 g/mol. The van der Waals surface area contributed by atoms with Crippen LogP contribution >= 0.6 is 12.4 Å². The number of primary amides is 1. The van der Waals surface area contributed by atoms with Crippen molar-refractivity contribution >= 4 is 101 Å². The van der Waals surface area contributed by atoms with E-state index in [2.05, 4.69) is 70.7 Å². The van der Waals surface area contributed by atoms with E-state index in [-0.39, 0.29) is 63.4 Å². The van der Waals surface area contributed by atoms with E-state index in [1.807, 2.05) is 0 Å². The Morgan fingerprint density at radius 1 is 0.570 bits per heavy atom. The van der Waals surface area contributed by atoms with E-state index in [0.717, 1.165) is 90.4 Å². The molecule has 3 heterocycles. The molecule has 3 aliphatic rings. The number of phenols is 1. The highest BCUT2D eigenvalue weighted by Crippen LogP contribution is 2.25. The van der Waals surface area contributed by atoms with Crippen molar-refractivity contribution in [1.29, 1.82) is 0 Å². The average molecular weight is 1640 g/mol. The molecule has 22 N–H and O–H groups in total. The minimum atomic E-state index is -2.24. The fourth-order valence-electron chi connectivity index (χ4n) is 13.2. The number of nitrogens with zero attached hydrogens (tertiary/aromatic N) is 2. The number of rotatable bonds is 28. The number of carbonyl (C=O) groups excluding carboxylic acids is 15. The van der Waals surface area contributed by atoms with Gasteiger partial charge in [-0.25, -0.2) is 4.79 Å². The molecule has 114 heavy (non-hydrogen) atoms. The highest BCUT2D eigenvalue weighted by atomic mass is 35.5. The zero-order chi connectivity index (χ0) is 84.5. The molecule has 3 aliphatic heterocycles. The fraction of sp³-hybridized carbons (Fsp3) is 0.716. The van der Waals surface area contributed by atoms with Crippen LogP contribution in [-0.4, -0.2) is 294 Å². The molecule has 0 radical (unpaired) electrons. The van der Waals surface area contributed by atoms with Crippen LogP contribution in [0.2, 0.25) is 0 Å². The number of aromatic hydroxyl groups is 1. The molecule has 3 fully saturated rings. The minimum Gasteiger partial charge on any atom is -0.508 e. The molecule has 1 aromatic rings. The number of nitrogens with one attached hydrogen (secondary N) is 12. The van der Waals surface area contributed by atoms with Gasteiger partial charge in [0.25, 0.3) is 0 Å². The zero-order valence-electron chi connectivity index (χ0n) is 66.3. The van der Waals surface area contributed by atoms with Gasteiger partial charge in [0.15, 0.2) is 0 Å². The monoisotopic (exact) mass is 1640 g/mol. The zero-order valence-corrected chi connectivity index (χ0v) is 67.1. The number of benzene rings is 1. The first kappa shape index (κ1) is 99.2. The second-order valence-corrected chi connectivity index (χ2v) is 29.8. The molecule has 3 saturated heterocycles. The molecule has 0 aliphatic carbocycles. The molecule has 0 unspecified atom stereocenters. The van der Waals surface area contributed by atoms with Gasteiger partial charge in [-0.2, -0.15) is 0 Å². The number of unbranched alkanes of at least 4 members (excludes halogenated alkanes) is 10. The number of amides is 14. The van der Waals surface area contributed by atoms with Crippen molar-refractivity contribution in [2.24, 2.45) is 11.7 Å². The maximum absolute atomic E-state index is 14.8. The molecule has 19 atom stereocenters. The predicted molar refractivity (Wildman–Crippen MR) is 410 cm³/mol. The number of ether oxygens (including phenoxy) is 1. The number of esters is 1. The van der Waals surface area contributed by atoms with E-state index in [9.17, 15) is 113 Å². The predicted octanol–water partition coefficient (Wildman–Crippen LogP) is -5.67. The van der Waals surface area contributed by atoms with Crippen LogP contribution in [0, 0.1) is 5.92 Å². The number of fused-ring (bicyclic) bond motifs is 2. The van der Waals surface area contributed by atoms with Gasteiger partial charge in [-0.1, -0.05) is 97.1 Å². The Kier molecular flexibility index (Phi) is 43.3. The largest absolute Gasteiger partial charge is 0.508 e. The maximum atomic E-state index is 14.8. The molecule has 644 valence electrons. The highest BCUT2D eigenvalue weighted by Gasteiger charge is 2.48. The summed E-state index contributed by atoms with van der Waals surface area (Å²) in [5.74, 6) is -17.8. The summed E-state index contributed by atoms with van der Waals surface area (Å²) >= 11 is 0. The minimum absolute atomic E-state index is 0. The van der Waals surface area contributed by atoms with Gasteiger partial charge in [-0.15, -0.1) is 12.4 Å². The molecule has 0 saturated carbocycles. The van der Waals surface area contributed by atoms with Crippen molar-refractivity contribution < 1.29 is 118 Å². The van der Waals surface area contributed by atoms with Crippen molar-refractivity contribution in [3.8, 4) is 5.75 Å². The summed E-state index contributed by atoms with van der Waals surface area (Å²) in [5.41, 5.74) is 5.71. The van der Waals surface area contributed by atoms with Gasteiger partial charge in [0.05, 0.1) is 68.7 Å². The van der Waals surface area contributed by atoms with Crippen molar-refractivity contribution in [2.75, 3.05) is 39.8 Å². The summed E-state index contributed by atoms with van der Waals surface area (Å²) in [7, 11) is 1.53. The van der Waals surface area contributed by atoms with E-state index in [1.54, 1.807) is 0 Å². The van der Waals surface area contributed by atoms with E-state index in [4.69, 9.17) is 10.5 Å². The van der Waals surface area contributed by atoms with Crippen LogP contribution in [0.1, 0.15) is 177 Å². The van der Waals surface area contributed by atoms with E-state index in [1.165, 1.54) is 52.1 Å². The molecule has 1 aromatic carbocycles. The van der Waals surface area contributed by atoms with Crippen LogP contribution in [0.4, 0.5) is 0 Å². The molecular formula is C74H122ClN15O24. The molecule has 0 aromatic heterocycles. The number of likely N-dealkylation sites (N-methyl/N-ethyl adjacent to an activating group) is 1. The number of aliphatic hydroxyl groups is 7. The molecule has 39 nitrogen and oxygen atoms in total. The topological polar surface area (TPSA) is 604 Å². The third-order valence-electron chi connectivity index (χ3n) is 19.6. The van der Waals surface area contributed by atoms with Crippen LogP contribution in [0.15, 0.2) is 24.3 Å². The Balaban J connectivity index is 0.0000336. The van der Waals surface area contributed by atoms with Crippen LogP contribution in [-0.2, 0) is 83.1 Å². The standard InChI is InChI=1S/C74H121N15O24.ClH/c1-10-11-12-13-14-15-16-17-18-19-20-22-47-33-54(99)82-58(40(5)90)68(106)79-39(4)64(102)81-49(31-44-24-26-45(94)27-25-44)65(103)84-57(38(2)3)72(110)89-37-46(95)32-50(89)66(104)85-60(42(7)92)70(108)86-61(43(8)93)73(111)88-30-28-51(96)63(88)71(109)87-62(52(97)34-53(75)98)67(105)78-36-56(101)83-59(41(6)91)69(107)80-48(74(112)113-47)23-21-29-77-55(100)35-76-9;/h24-27,38-43,46-52,57-63,76,90-97H,10-23,28-37H2,1-9H3,(H2,75,98)(H,77,100)(H,78,105)(H,79,106)(H,80,107)(H,81,102)(H,82,99)(H,83,101)(H,84,103)(H,85,104)(H,86,108)(H,87,109);1H/t39-,40-,41-,42-,43-,46-,47-,48+,49+,50+,51+,52-,57+,58-,59-,60-,61+,62+,63+;/m1./s1. The third-order valence-corrected chi connectivity index (χ3v) is 19.6. The van der Waals surface area contributed by atoms with Crippen molar-refractivity contribution in [2.45, 2.75) is 293 Å². The number of phenolic OH excluding ortho intramolecular Hbond substituents is 1. The van der Waals surface area contributed by atoms with E-state index in [0.29, 0.717) is 23.3 Å². The Bertz CT molecular complexity index is 3370. The molecule has 40 heteroatoms. The normalized spacial score (nSPS) is 27.1. The summed E-state index contributed by atoms with van der Waals surface area (Å²) < 4.78 is 6.01. The Morgan fingerprint density at radius 3 is 1.64 bits per heavy atom. The number of aliphatic hydroxyl groups excluding tert-OH is 7. The second-order valence-electron chi connectivity index (χ2n) is 29.8. The summed E-state index contributed by atoms with van der Waals surface area (Å²) in [4.78, 5) is 212. The highest BCUT2D eigenvalue weighted by molar-refractivity contribution is 6.00. The van der Waals surface area contributed by atoms with Crippen molar-refractivity contribution in [3.63, 3.8) is 0 Å². The van der Waals surface area contributed by atoms with Gasteiger partial charge >= 0.3 is 5.97 Å². The van der Waals surface area contributed by atoms with E-state index < -0.39 is 249 Å². The number of hydrogen-bond donors (Lipinski definition) is 21. The van der Waals surface area contributed by atoms with Gasteiger partial charge in [0, 0.05) is 32.5 Å². The van der Waals surface area contributed by atoms with Crippen molar-refractivity contribution in [1.82, 2.24) is 73.6 Å². The molecule has 14 amide bonds. The SMILES string of the molecule is CCCCCCCCCCCCC[C@@H]1CC(=O)N[C@H]([C@@H](C)O)C(=O)N[C@H](C)C(=O)N[C@@H](Cc2ccc(O)cc2)C(=O)N[C@@H](C(C)C)C(=O)N2C[C@H](O)C[C@H]2C(=O)N[C@H]([C@@H](C)O)C(=O)N[C@@H]([C@@H](C)O)C(=O)N2CC[C@H](O)[C@H]2C(=O)N[C@@H]([C@H](O)CC(N)=O)C(=O)NCC(=O)N[C@H]([C@@H](C)O)C(=O)N[C@@H](CCCNC(=O)CNC)C(=O)O1.Cl. The van der Waals surface area contributed by atoms with Crippen LogP contribution in [0.3, 0.4) is 0 Å². The quantitative estimate of drug-likeness (QED) is 0.0275. The van der Waals surface area contributed by atoms with Crippen LogP contribution in [0.5, 0.6) is 5.75 Å². The maximum Gasteiger partial charge on any atom is 0.328 e. The van der Waals surface area contributed by atoms with Gasteiger partial charge in [-0.3, -0.25) is 67.1 Å². The van der Waals surface area contributed by atoms with Gasteiger partial charge < -0.3 is 125 Å². The smallest absolute Gasteiger partial charge is 0.328 e. The molecule has 4 rings (SSSR count). The fourth-order valence-corrected chi connectivity index (χ4v) is 13.2. The lowest BCUT2D eigenvalue weighted by atomic mass is 9.99. The Labute approximate surface area is 669 Å². The Morgan fingerprint density at radius 2 is 1.08 bits per heavy atom. The van der Waals surface area contributed by atoms with Gasteiger partial charge in [-0.05, 0) is 97.4 Å². The first-order chi connectivity index (χ1) is 53.3. The summed E-state index contributed by atoms with van der Waals surface area (Å²) in [6.07, 6.45) is -6.68. The lowest BCUT2D eigenvalue weighted by molar-refractivity contribution is -0.155.